The number of rotatable bonds is 3. The molecule has 1 aliphatic carbocycles. The molecule has 4 rings (SSSR count). The molecule has 28 heavy (non-hydrogen) atoms. The Balaban J connectivity index is 1.92. The first-order chi connectivity index (χ1) is 13.4. The van der Waals surface area contributed by atoms with Gasteiger partial charge >= 0.3 is 11.9 Å². The van der Waals surface area contributed by atoms with Crippen molar-refractivity contribution in [2.45, 2.75) is 0 Å². The van der Waals surface area contributed by atoms with Gasteiger partial charge in [-0.2, -0.15) is 0 Å². The van der Waals surface area contributed by atoms with Gasteiger partial charge in [-0.1, -0.05) is 36.4 Å². The Morgan fingerprint density at radius 2 is 1.11 bits per heavy atom. The van der Waals surface area contributed by atoms with Crippen LogP contribution in [0.5, 0.6) is 0 Å². The fourth-order valence-electron chi connectivity index (χ4n) is 3.35. The van der Waals surface area contributed by atoms with Crippen LogP contribution in [0.4, 0.5) is 0 Å². The monoisotopic (exact) mass is 372 g/mol. The zero-order valence-electron chi connectivity index (χ0n) is 14.3. The zero-order valence-corrected chi connectivity index (χ0v) is 14.3. The van der Waals surface area contributed by atoms with Crippen LogP contribution in [0, 0.1) is 0 Å². The van der Waals surface area contributed by atoms with E-state index in [-0.39, 0.29) is 16.7 Å². The second-order valence-electron chi connectivity index (χ2n) is 6.37. The first-order valence-electron chi connectivity index (χ1n) is 8.31. The number of carbonyl (C=O) groups is 4. The molecule has 3 aromatic rings. The van der Waals surface area contributed by atoms with E-state index in [1.807, 2.05) is 0 Å². The largest absolute Gasteiger partial charge is 0.478 e. The number of fused-ring (bicyclic) bond motifs is 3. The summed E-state index contributed by atoms with van der Waals surface area (Å²) < 4.78 is 0. The van der Waals surface area contributed by atoms with E-state index >= 15 is 0 Å². The molecule has 0 amide bonds. The van der Waals surface area contributed by atoms with Gasteiger partial charge in [-0.05, 0) is 46.5 Å². The molecule has 0 spiro atoms. The lowest BCUT2D eigenvalue weighted by Gasteiger charge is -2.18. The summed E-state index contributed by atoms with van der Waals surface area (Å²) in [5.41, 5.74) is 2.23. The Kier molecular flexibility index (Phi) is 3.89. The average Bonchev–Trinajstić information content (AvgIpc) is 2.71. The Bertz CT molecular complexity index is 1170. The Morgan fingerprint density at radius 3 is 1.71 bits per heavy atom. The number of carbonyl (C=O) groups excluding carboxylic acids is 2. The predicted octanol–water partition coefficient (Wildman–Crippen LogP) is 3.80. The smallest absolute Gasteiger partial charge is 0.335 e. The molecule has 0 aromatic heterocycles. The van der Waals surface area contributed by atoms with Crippen molar-refractivity contribution in [2.24, 2.45) is 0 Å². The fraction of sp³-hybridized carbons (Fsp3) is 0. The molecule has 1 aliphatic rings. The van der Waals surface area contributed by atoms with Crippen LogP contribution >= 0.6 is 0 Å². The topological polar surface area (TPSA) is 109 Å². The molecule has 2 N–H and O–H groups in total. The summed E-state index contributed by atoms with van der Waals surface area (Å²) >= 11 is 0. The summed E-state index contributed by atoms with van der Waals surface area (Å²) in [6.45, 7) is 0. The summed E-state index contributed by atoms with van der Waals surface area (Å²) in [6.07, 6.45) is 0. The van der Waals surface area contributed by atoms with Crippen LogP contribution in [0.2, 0.25) is 0 Å². The van der Waals surface area contributed by atoms with Crippen molar-refractivity contribution in [3.63, 3.8) is 0 Å². The SMILES string of the molecule is O=C(O)c1cc(C(=O)O)cc(-c2ccc3c(c2)C(=O)C(=O)c2ccccc2-3)c1. The molecular formula is C22H12O6. The number of Topliss-reactive ketones (excluding diaryl/α,β-unsaturated/α-hetero) is 2. The van der Waals surface area contributed by atoms with E-state index in [4.69, 9.17) is 0 Å². The van der Waals surface area contributed by atoms with Gasteiger partial charge in [0, 0.05) is 11.1 Å². The van der Waals surface area contributed by atoms with Crippen LogP contribution in [0.15, 0.2) is 60.7 Å². The van der Waals surface area contributed by atoms with Crippen LogP contribution in [0.3, 0.4) is 0 Å². The van der Waals surface area contributed by atoms with Crippen molar-refractivity contribution >= 4 is 23.5 Å². The van der Waals surface area contributed by atoms with Crippen molar-refractivity contribution in [1.29, 1.82) is 0 Å². The molecule has 0 bridgehead atoms. The van der Waals surface area contributed by atoms with Crippen molar-refractivity contribution < 1.29 is 29.4 Å². The molecule has 0 aliphatic heterocycles. The lowest BCUT2D eigenvalue weighted by Crippen LogP contribution is -2.21. The summed E-state index contributed by atoms with van der Waals surface area (Å²) in [5, 5.41) is 18.5. The molecular weight excluding hydrogens is 360 g/mol. The number of hydrogen-bond donors (Lipinski definition) is 2. The maximum Gasteiger partial charge on any atom is 0.335 e. The van der Waals surface area contributed by atoms with Crippen molar-refractivity contribution in [3.8, 4) is 22.3 Å². The quantitative estimate of drug-likeness (QED) is 0.677. The van der Waals surface area contributed by atoms with Crippen molar-refractivity contribution in [3.05, 3.63) is 82.9 Å². The first-order valence-corrected chi connectivity index (χ1v) is 8.31. The second-order valence-corrected chi connectivity index (χ2v) is 6.37. The third kappa shape index (κ3) is 2.68. The van der Waals surface area contributed by atoms with E-state index in [1.165, 1.54) is 18.2 Å². The summed E-state index contributed by atoms with van der Waals surface area (Å²) in [4.78, 5) is 47.6. The van der Waals surface area contributed by atoms with Crippen LogP contribution in [0.25, 0.3) is 22.3 Å². The molecule has 0 unspecified atom stereocenters. The van der Waals surface area contributed by atoms with Gasteiger partial charge in [0.15, 0.2) is 0 Å². The molecule has 0 radical (unpaired) electrons. The summed E-state index contributed by atoms with van der Waals surface area (Å²) in [6, 6.07) is 15.4. The molecule has 0 saturated carbocycles. The van der Waals surface area contributed by atoms with Crippen LogP contribution < -0.4 is 0 Å². The molecule has 0 atom stereocenters. The highest BCUT2D eigenvalue weighted by molar-refractivity contribution is 6.53. The minimum atomic E-state index is -1.26. The Hall–Kier alpha value is -4.06. The fourth-order valence-corrected chi connectivity index (χ4v) is 3.35. The van der Waals surface area contributed by atoms with E-state index in [0.29, 0.717) is 27.8 Å². The molecule has 0 saturated heterocycles. The molecule has 136 valence electrons. The number of carboxylic acid groups (broad SMARTS) is 2. The van der Waals surface area contributed by atoms with Crippen LogP contribution in [-0.2, 0) is 0 Å². The van der Waals surface area contributed by atoms with Gasteiger partial charge in [0.2, 0.25) is 11.6 Å². The van der Waals surface area contributed by atoms with Gasteiger partial charge in [-0.25, -0.2) is 9.59 Å². The van der Waals surface area contributed by atoms with Crippen molar-refractivity contribution in [1.82, 2.24) is 0 Å². The van der Waals surface area contributed by atoms with E-state index < -0.39 is 23.5 Å². The minimum Gasteiger partial charge on any atom is -0.478 e. The maximum absolute atomic E-state index is 12.6. The lowest BCUT2D eigenvalue weighted by atomic mass is 9.82. The highest BCUT2D eigenvalue weighted by Gasteiger charge is 2.30. The van der Waals surface area contributed by atoms with Gasteiger partial charge in [0.25, 0.3) is 0 Å². The minimum absolute atomic E-state index is 0.180. The van der Waals surface area contributed by atoms with E-state index in [2.05, 4.69) is 0 Å². The summed E-state index contributed by atoms with van der Waals surface area (Å²) in [7, 11) is 0. The molecule has 3 aromatic carbocycles. The van der Waals surface area contributed by atoms with E-state index in [1.54, 1.807) is 36.4 Å². The zero-order chi connectivity index (χ0) is 20.0. The highest BCUT2D eigenvalue weighted by atomic mass is 16.4. The number of benzene rings is 3. The van der Waals surface area contributed by atoms with E-state index in [9.17, 15) is 29.4 Å². The third-order valence-corrected chi connectivity index (χ3v) is 4.69. The van der Waals surface area contributed by atoms with Gasteiger partial charge < -0.3 is 10.2 Å². The first kappa shape index (κ1) is 17.4. The number of aromatic carboxylic acids is 2. The lowest BCUT2D eigenvalue weighted by molar-refractivity contribution is 0.0696. The van der Waals surface area contributed by atoms with Crippen molar-refractivity contribution in [2.75, 3.05) is 0 Å². The molecule has 6 nitrogen and oxygen atoms in total. The van der Waals surface area contributed by atoms with Crippen LogP contribution in [-0.4, -0.2) is 33.7 Å². The third-order valence-electron chi connectivity index (χ3n) is 4.69. The van der Waals surface area contributed by atoms with Gasteiger partial charge in [0.1, 0.15) is 0 Å². The normalized spacial score (nSPS) is 12.3. The Morgan fingerprint density at radius 1 is 0.571 bits per heavy atom. The van der Waals surface area contributed by atoms with Gasteiger partial charge in [-0.15, -0.1) is 0 Å². The number of hydrogen-bond acceptors (Lipinski definition) is 4. The van der Waals surface area contributed by atoms with E-state index in [0.717, 1.165) is 6.07 Å². The predicted molar refractivity (Wildman–Crippen MR) is 99.9 cm³/mol. The molecule has 0 fully saturated rings. The standard InChI is InChI=1S/C22H12O6/c23-19-17-4-2-1-3-15(17)16-6-5-11(10-18(16)20(19)24)12-7-13(21(25)26)9-14(8-12)22(27)28/h1-10H,(H,25,26)(H,27,28). The number of carboxylic acids is 2. The van der Waals surface area contributed by atoms with Gasteiger partial charge in [0.05, 0.1) is 11.1 Å². The average molecular weight is 372 g/mol. The number of ketones is 2. The van der Waals surface area contributed by atoms with Crippen LogP contribution in [0.1, 0.15) is 41.4 Å². The second kappa shape index (κ2) is 6.28. The molecule has 6 heteroatoms. The molecule has 0 heterocycles. The van der Waals surface area contributed by atoms with Gasteiger partial charge in [-0.3, -0.25) is 9.59 Å². The maximum atomic E-state index is 12.6. The summed E-state index contributed by atoms with van der Waals surface area (Å²) in [5.74, 6) is -3.78. The highest BCUT2D eigenvalue weighted by Crippen LogP contribution is 2.36. The Labute approximate surface area is 158 Å².